The van der Waals surface area contributed by atoms with Gasteiger partial charge in [-0.1, -0.05) is 35.0 Å². The van der Waals surface area contributed by atoms with E-state index in [4.69, 9.17) is 4.52 Å². The van der Waals surface area contributed by atoms with Crippen LogP contribution in [-0.4, -0.2) is 26.4 Å². The molecule has 0 saturated carbocycles. The molecular formula is C24H20N4O4. The number of carbonyl (C=O) groups is 2. The van der Waals surface area contributed by atoms with Crippen molar-refractivity contribution >= 4 is 17.4 Å². The van der Waals surface area contributed by atoms with Crippen LogP contribution in [0.2, 0.25) is 0 Å². The molecule has 0 aliphatic heterocycles. The molecule has 0 aliphatic carbocycles. The number of aryl methyl sites for hydroxylation is 1. The third kappa shape index (κ3) is 4.70. The Labute approximate surface area is 183 Å². The number of hydrogen-bond acceptors (Lipinski definition) is 6. The lowest BCUT2D eigenvalue weighted by Gasteiger charge is -2.08. The minimum absolute atomic E-state index is 0.0576. The summed E-state index contributed by atoms with van der Waals surface area (Å²) < 4.78 is 6.62. The van der Waals surface area contributed by atoms with Crippen LogP contribution in [0, 0.1) is 6.92 Å². The first-order valence-electron chi connectivity index (χ1n) is 9.91. The Hall–Kier alpha value is -4.33. The van der Waals surface area contributed by atoms with E-state index in [1.54, 1.807) is 30.3 Å². The maximum Gasteiger partial charge on any atom is 0.259 e. The summed E-state index contributed by atoms with van der Waals surface area (Å²) in [4.78, 5) is 40.4. The zero-order valence-electron chi connectivity index (χ0n) is 17.5. The fraction of sp³-hybridized carbons (Fsp3) is 0.125. The number of carbonyl (C=O) groups excluding carboxylic acids is 2. The Balaban J connectivity index is 1.50. The van der Waals surface area contributed by atoms with Gasteiger partial charge >= 0.3 is 0 Å². The Morgan fingerprint density at radius 3 is 2.34 bits per heavy atom. The molecule has 32 heavy (non-hydrogen) atoms. The molecule has 1 N–H and O–H groups in total. The van der Waals surface area contributed by atoms with Gasteiger partial charge in [-0.15, -0.1) is 0 Å². The molecule has 160 valence electrons. The lowest BCUT2D eigenvalue weighted by atomic mass is 10.1. The van der Waals surface area contributed by atoms with Crippen molar-refractivity contribution < 1.29 is 14.1 Å². The number of Topliss-reactive ketones (excluding diaryl/α,β-unsaturated/α-hetero) is 1. The maximum absolute atomic E-state index is 12.4. The van der Waals surface area contributed by atoms with Crippen LogP contribution in [0.15, 0.2) is 76.2 Å². The molecule has 2 heterocycles. The van der Waals surface area contributed by atoms with E-state index in [-0.39, 0.29) is 29.7 Å². The highest BCUT2D eigenvalue weighted by molar-refractivity contribution is 5.95. The van der Waals surface area contributed by atoms with Crippen LogP contribution in [0.5, 0.6) is 0 Å². The van der Waals surface area contributed by atoms with E-state index >= 15 is 0 Å². The molecule has 0 atom stereocenters. The van der Waals surface area contributed by atoms with Crippen LogP contribution < -0.4 is 10.9 Å². The normalized spacial score (nSPS) is 10.7. The van der Waals surface area contributed by atoms with Crippen molar-refractivity contribution in [2.45, 2.75) is 20.4 Å². The zero-order valence-corrected chi connectivity index (χ0v) is 17.5. The standard InChI is InChI=1S/C24H20N4O4/c1-15-3-5-18(6-4-15)23-26-24(32-27-23)19-9-12-22(31)28(13-19)14-21(30)25-20-10-7-17(8-11-20)16(2)29/h3-13H,14H2,1-2H3,(H,25,30). The number of nitrogens with zero attached hydrogens (tertiary/aromatic N) is 3. The second-order valence-electron chi connectivity index (χ2n) is 7.35. The van der Waals surface area contributed by atoms with E-state index in [1.807, 2.05) is 31.2 Å². The first-order valence-corrected chi connectivity index (χ1v) is 9.91. The maximum atomic E-state index is 12.4. The average molecular weight is 428 g/mol. The first-order chi connectivity index (χ1) is 15.4. The van der Waals surface area contributed by atoms with Crippen LogP contribution in [0.4, 0.5) is 5.69 Å². The highest BCUT2D eigenvalue weighted by atomic mass is 16.5. The molecule has 0 aliphatic rings. The van der Waals surface area contributed by atoms with Crippen molar-refractivity contribution in [1.29, 1.82) is 0 Å². The van der Waals surface area contributed by atoms with Gasteiger partial charge in [0.15, 0.2) is 5.78 Å². The van der Waals surface area contributed by atoms with Crippen LogP contribution in [0.25, 0.3) is 22.8 Å². The Bertz CT molecular complexity index is 1340. The number of benzene rings is 2. The SMILES string of the molecule is CC(=O)c1ccc(NC(=O)Cn2cc(-c3nc(-c4ccc(C)cc4)no3)ccc2=O)cc1. The van der Waals surface area contributed by atoms with Gasteiger partial charge in [0.05, 0.1) is 5.56 Å². The van der Waals surface area contributed by atoms with Gasteiger partial charge in [-0.3, -0.25) is 14.4 Å². The first kappa shape index (κ1) is 20.9. The number of rotatable bonds is 6. The summed E-state index contributed by atoms with van der Waals surface area (Å²) in [5, 5.41) is 6.72. The second kappa shape index (κ2) is 8.81. The van der Waals surface area contributed by atoms with Crippen LogP contribution in [0.1, 0.15) is 22.8 Å². The molecule has 0 radical (unpaired) electrons. The molecule has 0 spiro atoms. The van der Waals surface area contributed by atoms with Crippen LogP contribution >= 0.6 is 0 Å². The summed E-state index contributed by atoms with van der Waals surface area (Å²) in [6, 6.07) is 17.2. The summed E-state index contributed by atoms with van der Waals surface area (Å²) in [5.41, 5.74) is 3.20. The molecule has 8 heteroatoms. The van der Waals surface area contributed by atoms with Crippen LogP contribution in [-0.2, 0) is 11.3 Å². The number of nitrogens with one attached hydrogen (secondary N) is 1. The highest BCUT2D eigenvalue weighted by Crippen LogP contribution is 2.21. The third-order valence-corrected chi connectivity index (χ3v) is 4.86. The van der Waals surface area contributed by atoms with Gasteiger partial charge < -0.3 is 14.4 Å². The van der Waals surface area contributed by atoms with E-state index in [2.05, 4.69) is 15.5 Å². The van der Waals surface area contributed by atoms with E-state index in [0.29, 0.717) is 22.6 Å². The predicted molar refractivity (Wildman–Crippen MR) is 119 cm³/mol. The molecule has 0 saturated heterocycles. The molecule has 0 fully saturated rings. The quantitative estimate of drug-likeness (QED) is 0.469. The van der Waals surface area contributed by atoms with Crippen molar-refractivity contribution in [3.63, 3.8) is 0 Å². The van der Waals surface area contributed by atoms with Gasteiger partial charge in [0.1, 0.15) is 6.54 Å². The van der Waals surface area contributed by atoms with Gasteiger partial charge in [0.2, 0.25) is 11.7 Å². The lowest BCUT2D eigenvalue weighted by molar-refractivity contribution is -0.116. The summed E-state index contributed by atoms with van der Waals surface area (Å²) in [5.74, 6) is 0.238. The fourth-order valence-corrected chi connectivity index (χ4v) is 3.09. The third-order valence-electron chi connectivity index (χ3n) is 4.86. The Morgan fingerprint density at radius 2 is 1.66 bits per heavy atom. The number of pyridine rings is 1. The zero-order chi connectivity index (χ0) is 22.7. The monoisotopic (exact) mass is 428 g/mol. The molecule has 2 aromatic heterocycles. The smallest absolute Gasteiger partial charge is 0.259 e. The number of anilines is 1. The molecule has 4 aromatic rings. The summed E-state index contributed by atoms with van der Waals surface area (Å²) in [7, 11) is 0. The molecule has 8 nitrogen and oxygen atoms in total. The lowest BCUT2D eigenvalue weighted by Crippen LogP contribution is -2.26. The van der Waals surface area contributed by atoms with E-state index in [1.165, 1.54) is 23.8 Å². The molecular weight excluding hydrogens is 408 g/mol. The minimum atomic E-state index is -0.384. The van der Waals surface area contributed by atoms with Crippen molar-refractivity contribution in [2.75, 3.05) is 5.32 Å². The van der Waals surface area contributed by atoms with Crippen LogP contribution in [0.3, 0.4) is 0 Å². The summed E-state index contributed by atoms with van der Waals surface area (Å²) in [6.07, 6.45) is 1.51. The topological polar surface area (TPSA) is 107 Å². The molecule has 4 rings (SSSR count). The number of ketones is 1. The van der Waals surface area contributed by atoms with Gasteiger partial charge in [-0.05, 0) is 44.2 Å². The summed E-state index contributed by atoms with van der Waals surface area (Å²) in [6.45, 7) is 3.27. The van der Waals surface area contributed by atoms with Crippen molar-refractivity contribution in [1.82, 2.24) is 14.7 Å². The number of amides is 1. The molecule has 1 amide bonds. The van der Waals surface area contributed by atoms with Gasteiger partial charge in [-0.2, -0.15) is 4.98 Å². The van der Waals surface area contributed by atoms with Gasteiger partial charge in [-0.25, -0.2) is 0 Å². The summed E-state index contributed by atoms with van der Waals surface area (Å²) >= 11 is 0. The second-order valence-corrected chi connectivity index (χ2v) is 7.35. The number of hydrogen-bond donors (Lipinski definition) is 1. The van der Waals surface area contributed by atoms with Crippen molar-refractivity contribution in [3.05, 3.63) is 88.3 Å². The van der Waals surface area contributed by atoms with Crippen molar-refractivity contribution in [3.8, 4) is 22.8 Å². The van der Waals surface area contributed by atoms with Gasteiger partial charge in [0.25, 0.3) is 11.4 Å². The Kier molecular flexibility index (Phi) is 5.76. The van der Waals surface area contributed by atoms with E-state index < -0.39 is 0 Å². The fourth-order valence-electron chi connectivity index (χ4n) is 3.09. The largest absolute Gasteiger partial charge is 0.334 e. The Morgan fingerprint density at radius 1 is 0.969 bits per heavy atom. The van der Waals surface area contributed by atoms with Crippen molar-refractivity contribution in [2.24, 2.45) is 0 Å². The van der Waals surface area contributed by atoms with E-state index in [9.17, 15) is 14.4 Å². The molecule has 0 unspecified atom stereocenters. The van der Waals surface area contributed by atoms with Gasteiger partial charge in [0, 0.05) is 29.1 Å². The average Bonchev–Trinajstić information content (AvgIpc) is 3.26. The van der Waals surface area contributed by atoms with E-state index in [0.717, 1.165) is 11.1 Å². The molecule has 2 aromatic carbocycles. The highest BCUT2D eigenvalue weighted by Gasteiger charge is 2.13. The molecule has 0 bridgehead atoms. The predicted octanol–water partition coefficient (Wildman–Crippen LogP) is 3.72. The number of aromatic nitrogens is 3. The minimum Gasteiger partial charge on any atom is -0.334 e.